The van der Waals surface area contributed by atoms with E-state index in [9.17, 15) is 9.59 Å². The van der Waals surface area contributed by atoms with Gasteiger partial charge in [0.2, 0.25) is 5.91 Å². The second-order valence-corrected chi connectivity index (χ2v) is 7.15. The van der Waals surface area contributed by atoms with Crippen molar-refractivity contribution in [3.05, 3.63) is 69.9 Å². The van der Waals surface area contributed by atoms with Gasteiger partial charge in [0.05, 0.1) is 5.69 Å². The van der Waals surface area contributed by atoms with E-state index >= 15 is 0 Å². The second kappa shape index (κ2) is 9.36. The average molecular weight is 398 g/mol. The lowest BCUT2D eigenvalue weighted by Crippen LogP contribution is -2.27. The molecule has 0 bridgehead atoms. The molecule has 0 aliphatic heterocycles. The molecular weight excluding hydrogens is 374 g/mol. The van der Waals surface area contributed by atoms with Gasteiger partial charge < -0.3 is 10.3 Å². The van der Waals surface area contributed by atoms with Gasteiger partial charge in [-0.1, -0.05) is 23.9 Å². The third-order valence-corrected chi connectivity index (χ3v) is 5.02. The molecule has 28 heavy (non-hydrogen) atoms. The number of H-pyrrole nitrogens is 1. The summed E-state index contributed by atoms with van der Waals surface area (Å²) >= 11 is 1.39. The largest absolute Gasteiger partial charge is 0.356 e. The predicted molar refractivity (Wildman–Crippen MR) is 110 cm³/mol. The van der Waals surface area contributed by atoms with E-state index in [1.54, 1.807) is 17.8 Å². The zero-order chi connectivity index (χ0) is 19.9. The number of amides is 1. The lowest BCUT2D eigenvalue weighted by molar-refractivity contribution is -0.121. The summed E-state index contributed by atoms with van der Waals surface area (Å²) < 4.78 is 1.80. The molecule has 0 fully saturated rings. The highest BCUT2D eigenvalue weighted by Gasteiger charge is 2.10. The van der Waals surface area contributed by atoms with Crippen molar-refractivity contribution in [1.82, 2.24) is 25.1 Å². The van der Waals surface area contributed by atoms with Gasteiger partial charge in [-0.05, 0) is 49.8 Å². The zero-order valence-corrected chi connectivity index (χ0v) is 16.8. The lowest BCUT2D eigenvalue weighted by Gasteiger charge is -2.08. The van der Waals surface area contributed by atoms with E-state index in [0.29, 0.717) is 29.4 Å². The maximum atomic E-state index is 12.1. The Hall–Kier alpha value is -2.87. The first-order valence-electron chi connectivity index (χ1n) is 9.06. The van der Waals surface area contributed by atoms with Gasteiger partial charge in [0.25, 0.3) is 5.56 Å². The molecule has 0 spiro atoms. The van der Waals surface area contributed by atoms with Crippen molar-refractivity contribution in [1.29, 1.82) is 0 Å². The maximum Gasteiger partial charge on any atom is 0.254 e. The summed E-state index contributed by atoms with van der Waals surface area (Å²) in [6, 6.07) is 9.96. The number of aromatic nitrogens is 4. The van der Waals surface area contributed by atoms with Crippen LogP contribution in [0.2, 0.25) is 0 Å². The van der Waals surface area contributed by atoms with Gasteiger partial charge in [-0.15, -0.1) is 0 Å². The minimum atomic E-state index is -0.165. The first-order chi connectivity index (χ1) is 13.6. The van der Waals surface area contributed by atoms with Crippen LogP contribution in [0.4, 0.5) is 0 Å². The zero-order valence-electron chi connectivity index (χ0n) is 15.9. The number of thioether (sulfide) groups is 1. The van der Waals surface area contributed by atoms with E-state index in [1.807, 2.05) is 42.8 Å². The van der Waals surface area contributed by atoms with Gasteiger partial charge in [0, 0.05) is 36.6 Å². The Labute approximate surface area is 167 Å². The van der Waals surface area contributed by atoms with Crippen LogP contribution in [0.1, 0.15) is 23.2 Å². The number of rotatable bonds is 8. The SMILES string of the molecule is CSc1nc(C)c(CCC(=O)NCCc2ccc(-n3cccn3)cc2)c(=O)[nH]1. The molecule has 0 aliphatic rings. The number of nitrogens with one attached hydrogen (secondary N) is 2. The Morgan fingerprint density at radius 2 is 2.04 bits per heavy atom. The fourth-order valence-electron chi connectivity index (χ4n) is 2.89. The van der Waals surface area contributed by atoms with E-state index in [4.69, 9.17) is 0 Å². The van der Waals surface area contributed by atoms with Crippen molar-refractivity contribution in [2.75, 3.05) is 12.8 Å². The molecule has 1 aromatic carbocycles. The second-order valence-electron chi connectivity index (χ2n) is 6.36. The summed E-state index contributed by atoms with van der Waals surface area (Å²) in [6.07, 6.45) is 6.89. The van der Waals surface area contributed by atoms with E-state index in [1.165, 1.54) is 11.8 Å². The Morgan fingerprint density at radius 1 is 1.25 bits per heavy atom. The number of aromatic amines is 1. The Bertz CT molecular complexity index is 981. The highest BCUT2D eigenvalue weighted by Crippen LogP contribution is 2.10. The fourth-order valence-corrected chi connectivity index (χ4v) is 3.31. The fraction of sp³-hybridized carbons (Fsp3) is 0.300. The molecule has 2 N–H and O–H groups in total. The van der Waals surface area contributed by atoms with E-state index in [0.717, 1.165) is 17.7 Å². The normalized spacial score (nSPS) is 10.8. The Morgan fingerprint density at radius 3 is 2.68 bits per heavy atom. The van der Waals surface area contributed by atoms with Gasteiger partial charge in [-0.3, -0.25) is 9.59 Å². The smallest absolute Gasteiger partial charge is 0.254 e. The molecule has 0 radical (unpaired) electrons. The predicted octanol–water partition coefficient (Wildman–Crippen LogP) is 2.28. The number of hydrogen-bond donors (Lipinski definition) is 2. The maximum absolute atomic E-state index is 12.1. The van der Waals surface area contributed by atoms with Crippen LogP contribution in [-0.2, 0) is 17.6 Å². The van der Waals surface area contributed by atoms with Crippen LogP contribution in [0, 0.1) is 6.92 Å². The van der Waals surface area contributed by atoms with Gasteiger partial charge in [0.15, 0.2) is 5.16 Å². The number of hydrogen-bond acceptors (Lipinski definition) is 5. The molecule has 3 aromatic rings. The quantitative estimate of drug-likeness (QED) is 0.449. The molecule has 0 saturated heterocycles. The van der Waals surface area contributed by atoms with Crippen molar-refractivity contribution >= 4 is 17.7 Å². The van der Waals surface area contributed by atoms with Crippen molar-refractivity contribution in [3.63, 3.8) is 0 Å². The highest BCUT2D eigenvalue weighted by atomic mass is 32.2. The topological polar surface area (TPSA) is 92.7 Å². The molecule has 0 saturated carbocycles. The summed E-state index contributed by atoms with van der Waals surface area (Å²) in [7, 11) is 0. The standard InChI is InChI=1S/C20H23N5O2S/c1-14-17(19(27)24-20(23-14)28-2)8-9-18(26)21-12-10-15-4-6-16(7-5-15)25-13-3-11-22-25/h3-7,11,13H,8-10,12H2,1-2H3,(H,21,26)(H,23,24,27). The molecule has 2 heterocycles. The minimum absolute atomic E-state index is 0.0686. The third-order valence-electron chi connectivity index (χ3n) is 4.44. The number of carbonyl (C=O) groups is 1. The molecule has 0 unspecified atom stereocenters. The summed E-state index contributed by atoms with van der Waals surface area (Å²) in [6.45, 7) is 2.36. The summed E-state index contributed by atoms with van der Waals surface area (Å²) in [5.41, 5.74) is 3.22. The van der Waals surface area contributed by atoms with Crippen molar-refractivity contribution in [2.24, 2.45) is 0 Å². The van der Waals surface area contributed by atoms with E-state index < -0.39 is 0 Å². The first kappa shape index (κ1) is 19.9. The lowest BCUT2D eigenvalue weighted by atomic mass is 10.1. The monoisotopic (exact) mass is 397 g/mol. The molecule has 2 aromatic heterocycles. The van der Waals surface area contributed by atoms with Crippen LogP contribution >= 0.6 is 11.8 Å². The summed E-state index contributed by atoms with van der Waals surface area (Å²) in [4.78, 5) is 31.3. The van der Waals surface area contributed by atoms with Crippen molar-refractivity contribution in [3.8, 4) is 5.69 Å². The van der Waals surface area contributed by atoms with Crippen LogP contribution in [-0.4, -0.2) is 38.5 Å². The Kier molecular flexibility index (Phi) is 6.65. The van der Waals surface area contributed by atoms with E-state index in [-0.39, 0.29) is 17.9 Å². The number of nitrogens with zero attached hydrogens (tertiary/aromatic N) is 3. The van der Waals surface area contributed by atoms with Crippen molar-refractivity contribution < 1.29 is 4.79 Å². The molecule has 7 nitrogen and oxygen atoms in total. The van der Waals surface area contributed by atoms with Gasteiger partial charge in [0.1, 0.15) is 0 Å². The van der Waals surface area contributed by atoms with Crippen LogP contribution in [0.25, 0.3) is 5.69 Å². The number of benzene rings is 1. The Balaban J connectivity index is 1.45. The van der Waals surface area contributed by atoms with Crippen LogP contribution in [0.3, 0.4) is 0 Å². The molecule has 1 amide bonds. The number of carbonyl (C=O) groups excluding carboxylic acids is 1. The minimum Gasteiger partial charge on any atom is -0.356 e. The van der Waals surface area contributed by atoms with Gasteiger partial charge in [-0.2, -0.15) is 5.10 Å². The van der Waals surface area contributed by atoms with E-state index in [2.05, 4.69) is 20.4 Å². The van der Waals surface area contributed by atoms with Crippen LogP contribution in [0.15, 0.2) is 52.7 Å². The molecule has 8 heteroatoms. The molecule has 0 aliphatic carbocycles. The van der Waals surface area contributed by atoms with Crippen molar-refractivity contribution in [2.45, 2.75) is 31.3 Å². The molecule has 3 rings (SSSR count). The van der Waals surface area contributed by atoms with Gasteiger partial charge in [-0.25, -0.2) is 9.67 Å². The summed E-state index contributed by atoms with van der Waals surface area (Å²) in [5, 5.41) is 7.70. The number of aryl methyl sites for hydroxylation is 1. The molecule has 146 valence electrons. The average Bonchev–Trinajstić information content (AvgIpc) is 3.22. The van der Waals surface area contributed by atoms with Crippen LogP contribution < -0.4 is 10.9 Å². The first-order valence-corrected chi connectivity index (χ1v) is 10.3. The highest BCUT2D eigenvalue weighted by molar-refractivity contribution is 7.98. The molecule has 0 atom stereocenters. The molecular formula is C20H23N5O2S. The van der Waals surface area contributed by atoms with Crippen LogP contribution in [0.5, 0.6) is 0 Å². The third kappa shape index (κ3) is 5.10. The summed E-state index contributed by atoms with van der Waals surface area (Å²) in [5.74, 6) is -0.0686. The van der Waals surface area contributed by atoms with Gasteiger partial charge >= 0.3 is 0 Å².